The Hall–Kier alpha value is -2.93. The largest absolute Gasteiger partial charge is 0.368 e. The van der Waals surface area contributed by atoms with E-state index in [1.165, 1.54) is 0 Å². The van der Waals surface area contributed by atoms with Gasteiger partial charge in [-0.1, -0.05) is 37.3 Å². The molecule has 1 atom stereocenters. The van der Waals surface area contributed by atoms with Crippen LogP contribution < -0.4 is 15.8 Å². The zero-order valence-corrected chi connectivity index (χ0v) is 14.4. The highest BCUT2D eigenvalue weighted by molar-refractivity contribution is 5.69. The van der Waals surface area contributed by atoms with Gasteiger partial charge in [0.1, 0.15) is 5.82 Å². The number of anilines is 2. The summed E-state index contributed by atoms with van der Waals surface area (Å²) >= 11 is 0. The van der Waals surface area contributed by atoms with Crippen molar-refractivity contribution in [3.05, 3.63) is 48.9 Å². The molecule has 1 unspecified atom stereocenters. The smallest absolute Gasteiger partial charge is 0.237 e. The predicted molar refractivity (Wildman–Crippen MR) is 98.6 cm³/mol. The summed E-state index contributed by atoms with van der Waals surface area (Å²) in [6.07, 6.45) is 6.42. The van der Waals surface area contributed by atoms with Crippen LogP contribution in [0.4, 0.5) is 11.5 Å². The van der Waals surface area contributed by atoms with Crippen LogP contribution in [0, 0.1) is 0 Å². The van der Waals surface area contributed by atoms with E-state index < -0.39 is 0 Å². The van der Waals surface area contributed by atoms with E-state index in [4.69, 9.17) is 10.8 Å². The summed E-state index contributed by atoms with van der Waals surface area (Å²) in [5.74, 6) is 8.45. The minimum atomic E-state index is 0.233. The Labute approximate surface area is 146 Å². The molecule has 0 radical (unpaired) electrons. The van der Waals surface area contributed by atoms with E-state index in [1.54, 1.807) is 11.2 Å². The van der Waals surface area contributed by atoms with Gasteiger partial charge in [0.2, 0.25) is 5.95 Å². The van der Waals surface area contributed by atoms with Gasteiger partial charge in [-0.05, 0) is 6.42 Å². The molecular weight excluding hydrogens is 314 g/mol. The van der Waals surface area contributed by atoms with Crippen LogP contribution in [0.25, 0.3) is 17.3 Å². The van der Waals surface area contributed by atoms with Crippen molar-refractivity contribution in [3.8, 4) is 17.3 Å². The van der Waals surface area contributed by atoms with Crippen LogP contribution in [-0.2, 0) is 0 Å². The molecule has 1 aliphatic rings. The fourth-order valence-electron chi connectivity index (χ4n) is 3.20. The van der Waals surface area contributed by atoms with Crippen molar-refractivity contribution in [2.45, 2.75) is 19.4 Å². The van der Waals surface area contributed by atoms with Gasteiger partial charge in [0, 0.05) is 31.5 Å². The Bertz CT molecular complexity index is 874. The number of benzene rings is 1. The summed E-state index contributed by atoms with van der Waals surface area (Å²) in [5.41, 5.74) is 1.96. The summed E-state index contributed by atoms with van der Waals surface area (Å²) < 4.78 is 1.89. The third kappa shape index (κ3) is 2.62. The summed E-state index contributed by atoms with van der Waals surface area (Å²) in [6, 6.07) is 10.2. The number of hydrazine groups is 1. The van der Waals surface area contributed by atoms with Crippen LogP contribution in [0.5, 0.6) is 0 Å². The number of aromatic nitrogens is 4. The monoisotopic (exact) mass is 335 g/mol. The molecule has 3 heterocycles. The maximum Gasteiger partial charge on any atom is 0.237 e. The van der Waals surface area contributed by atoms with Gasteiger partial charge in [-0.2, -0.15) is 4.98 Å². The zero-order chi connectivity index (χ0) is 17.4. The van der Waals surface area contributed by atoms with Gasteiger partial charge >= 0.3 is 0 Å². The van der Waals surface area contributed by atoms with Gasteiger partial charge in [-0.3, -0.25) is 9.58 Å². The number of hydrogen-bond donors (Lipinski definition) is 1. The third-order valence-electron chi connectivity index (χ3n) is 4.63. The first-order chi connectivity index (χ1) is 12.2. The lowest BCUT2D eigenvalue weighted by Crippen LogP contribution is -2.51. The predicted octanol–water partition coefficient (Wildman–Crippen LogP) is 2.24. The van der Waals surface area contributed by atoms with Crippen molar-refractivity contribution in [2.75, 3.05) is 23.5 Å². The zero-order valence-electron chi connectivity index (χ0n) is 14.4. The lowest BCUT2D eigenvalue weighted by atomic mass is 10.1. The van der Waals surface area contributed by atoms with Crippen molar-refractivity contribution in [3.63, 3.8) is 0 Å². The highest BCUT2D eigenvalue weighted by atomic mass is 15.5. The molecule has 25 heavy (non-hydrogen) atoms. The quantitative estimate of drug-likeness (QED) is 0.740. The van der Waals surface area contributed by atoms with Gasteiger partial charge < -0.3 is 4.90 Å². The second-order valence-corrected chi connectivity index (χ2v) is 6.22. The van der Waals surface area contributed by atoms with E-state index in [0.29, 0.717) is 5.95 Å². The molecule has 128 valence electrons. The number of rotatable bonds is 3. The van der Waals surface area contributed by atoms with Gasteiger partial charge in [0.25, 0.3) is 0 Å². The average Bonchev–Trinajstić information content (AvgIpc) is 3.15. The second kappa shape index (κ2) is 6.18. The minimum Gasteiger partial charge on any atom is -0.368 e. The normalized spacial score (nSPS) is 16.8. The minimum absolute atomic E-state index is 0.233. The number of nitrogens with two attached hydrogens (primary N) is 1. The fraction of sp³-hybridized carbons (Fsp3) is 0.278. The number of nitrogens with zero attached hydrogens (tertiary/aromatic N) is 6. The highest BCUT2D eigenvalue weighted by Crippen LogP contribution is 2.32. The van der Waals surface area contributed by atoms with Crippen LogP contribution >= 0.6 is 0 Å². The molecule has 7 nitrogen and oxygen atoms in total. The Morgan fingerprint density at radius 3 is 2.76 bits per heavy atom. The van der Waals surface area contributed by atoms with Gasteiger partial charge in [0.15, 0.2) is 5.82 Å². The number of fused-ring (bicyclic) bond motifs is 1. The van der Waals surface area contributed by atoms with Crippen LogP contribution in [0.1, 0.15) is 13.3 Å². The highest BCUT2D eigenvalue weighted by Gasteiger charge is 2.28. The van der Waals surface area contributed by atoms with Gasteiger partial charge in [-0.15, -0.1) is 0 Å². The molecule has 0 amide bonds. The molecule has 0 aliphatic carbocycles. The molecule has 0 saturated carbocycles. The van der Waals surface area contributed by atoms with E-state index in [9.17, 15) is 0 Å². The van der Waals surface area contributed by atoms with Gasteiger partial charge in [-0.25, -0.2) is 15.8 Å². The Morgan fingerprint density at radius 2 is 2.00 bits per heavy atom. The first kappa shape index (κ1) is 15.6. The summed E-state index contributed by atoms with van der Waals surface area (Å²) in [6.45, 7) is 3.00. The van der Waals surface area contributed by atoms with Crippen molar-refractivity contribution in [1.29, 1.82) is 0 Å². The van der Waals surface area contributed by atoms with Crippen LogP contribution in [-0.4, -0.2) is 39.2 Å². The number of hydrogen-bond acceptors (Lipinski definition) is 6. The maximum atomic E-state index is 6.33. The topological polar surface area (TPSA) is 76.1 Å². The van der Waals surface area contributed by atoms with Crippen molar-refractivity contribution in [1.82, 2.24) is 19.5 Å². The van der Waals surface area contributed by atoms with E-state index in [1.807, 2.05) is 54.3 Å². The van der Waals surface area contributed by atoms with Gasteiger partial charge in [0.05, 0.1) is 17.9 Å². The van der Waals surface area contributed by atoms with Crippen LogP contribution in [0.2, 0.25) is 0 Å². The molecule has 3 aromatic rings. The molecular formula is C18H21N7. The maximum absolute atomic E-state index is 6.33. The van der Waals surface area contributed by atoms with E-state index in [2.05, 4.69) is 21.8 Å². The van der Waals surface area contributed by atoms with Crippen LogP contribution in [0.15, 0.2) is 48.9 Å². The molecule has 0 bridgehead atoms. The fourth-order valence-corrected chi connectivity index (χ4v) is 3.20. The standard InChI is InChI=1S/C18H21N7/c1-3-14-12-23(2)15-11-21-18(22-17(15)25(14)19)24-10-9-20-16(24)13-7-5-4-6-8-13/h4-11,14H,3,12,19H2,1-2H3. The summed E-state index contributed by atoms with van der Waals surface area (Å²) in [5, 5.41) is 1.76. The second-order valence-electron chi connectivity index (χ2n) is 6.22. The number of likely N-dealkylation sites (N-methyl/N-ethyl adjacent to an activating group) is 1. The Balaban J connectivity index is 1.79. The molecule has 2 aromatic heterocycles. The van der Waals surface area contributed by atoms with E-state index in [0.717, 1.165) is 35.9 Å². The lowest BCUT2D eigenvalue weighted by molar-refractivity contribution is 0.554. The first-order valence-electron chi connectivity index (χ1n) is 8.40. The van der Waals surface area contributed by atoms with E-state index in [-0.39, 0.29) is 6.04 Å². The Kier molecular flexibility index (Phi) is 3.85. The molecule has 1 aromatic carbocycles. The van der Waals surface area contributed by atoms with Crippen molar-refractivity contribution >= 4 is 11.5 Å². The van der Waals surface area contributed by atoms with Crippen molar-refractivity contribution < 1.29 is 0 Å². The molecule has 2 N–H and O–H groups in total. The molecule has 1 aliphatic heterocycles. The lowest BCUT2D eigenvalue weighted by Gasteiger charge is -2.39. The first-order valence-corrected chi connectivity index (χ1v) is 8.40. The Morgan fingerprint density at radius 1 is 1.20 bits per heavy atom. The van der Waals surface area contributed by atoms with E-state index >= 15 is 0 Å². The number of imidazole rings is 1. The average molecular weight is 335 g/mol. The summed E-state index contributed by atoms with van der Waals surface area (Å²) in [4.78, 5) is 15.9. The third-order valence-corrected chi connectivity index (χ3v) is 4.63. The SMILES string of the molecule is CCC1CN(C)c2cnc(-n3ccnc3-c3ccccc3)nc2N1N. The summed E-state index contributed by atoms with van der Waals surface area (Å²) in [7, 11) is 2.05. The molecule has 0 saturated heterocycles. The molecule has 0 spiro atoms. The molecule has 0 fully saturated rings. The van der Waals surface area contributed by atoms with Crippen molar-refractivity contribution in [2.24, 2.45) is 5.84 Å². The molecule has 7 heteroatoms. The van der Waals surface area contributed by atoms with Crippen LogP contribution in [0.3, 0.4) is 0 Å². The molecule has 4 rings (SSSR count).